The van der Waals surface area contributed by atoms with E-state index in [-0.39, 0.29) is 12.0 Å². The lowest BCUT2D eigenvalue weighted by atomic mass is 10.2. The Bertz CT molecular complexity index is 1170. The van der Waals surface area contributed by atoms with Crippen LogP contribution in [0.4, 0.5) is 0 Å². The van der Waals surface area contributed by atoms with E-state index in [4.69, 9.17) is 4.74 Å². The zero-order chi connectivity index (χ0) is 19.8. The average molecular weight is 389 g/mol. The van der Waals surface area contributed by atoms with Crippen molar-refractivity contribution in [2.45, 2.75) is 13.0 Å². The monoisotopic (exact) mass is 389 g/mol. The van der Waals surface area contributed by atoms with Gasteiger partial charge in [-0.05, 0) is 25.1 Å². The standard InChI is InChI=1S/C20H19N7O2/c1-13-11-26(5-6-29-13)20(28)16-7-15-10-24-27(19(15)21-9-16)17-4-2-3-14(8-17)18-22-12-23-25-18/h2-4,7-10,12-13H,5-6,11H2,1H3,(H,22,23,25)/t13-/m1/s1. The zero-order valence-corrected chi connectivity index (χ0v) is 15.8. The lowest BCUT2D eigenvalue weighted by Gasteiger charge is -2.31. The van der Waals surface area contributed by atoms with Gasteiger partial charge >= 0.3 is 0 Å². The van der Waals surface area contributed by atoms with Crippen LogP contribution in [0.3, 0.4) is 0 Å². The van der Waals surface area contributed by atoms with Crippen molar-refractivity contribution in [2.24, 2.45) is 0 Å². The van der Waals surface area contributed by atoms with Crippen molar-refractivity contribution in [1.82, 2.24) is 34.8 Å². The number of fused-ring (bicyclic) bond motifs is 1. The Labute approximate surface area is 166 Å². The first-order valence-electron chi connectivity index (χ1n) is 9.40. The number of aromatic amines is 1. The fourth-order valence-electron chi connectivity index (χ4n) is 3.54. The summed E-state index contributed by atoms with van der Waals surface area (Å²) in [5.41, 5.74) is 2.99. The SMILES string of the molecule is C[C@@H]1CN(C(=O)c2cnc3c(cnn3-c3cccc(-c4nnc[nH]4)c3)c2)CCO1. The fraction of sp³-hybridized carbons (Fsp3) is 0.250. The average Bonchev–Trinajstić information content (AvgIpc) is 3.43. The minimum absolute atomic E-state index is 0.0328. The summed E-state index contributed by atoms with van der Waals surface area (Å²) >= 11 is 0. The molecule has 0 radical (unpaired) electrons. The maximum Gasteiger partial charge on any atom is 0.255 e. The molecule has 1 saturated heterocycles. The largest absolute Gasteiger partial charge is 0.375 e. The normalized spacial score (nSPS) is 17.0. The summed E-state index contributed by atoms with van der Waals surface area (Å²) < 4.78 is 7.27. The number of carbonyl (C=O) groups excluding carboxylic acids is 1. The molecule has 1 atom stereocenters. The number of hydrogen-bond donors (Lipinski definition) is 1. The molecule has 5 rings (SSSR count). The first kappa shape index (κ1) is 17.5. The van der Waals surface area contributed by atoms with Gasteiger partial charge < -0.3 is 14.6 Å². The molecular formula is C20H19N7O2. The highest BCUT2D eigenvalue weighted by Crippen LogP contribution is 2.22. The third kappa shape index (κ3) is 3.25. The molecule has 0 unspecified atom stereocenters. The summed E-state index contributed by atoms with van der Waals surface area (Å²) in [7, 11) is 0. The summed E-state index contributed by atoms with van der Waals surface area (Å²) in [5, 5.41) is 13.2. The molecule has 1 fully saturated rings. The van der Waals surface area contributed by atoms with Gasteiger partial charge in [0.15, 0.2) is 11.5 Å². The van der Waals surface area contributed by atoms with Crippen LogP contribution in [0, 0.1) is 0 Å². The number of rotatable bonds is 3. The molecule has 0 bridgehead atoms. The van der Waals surface area contributed by atoms with E-state index >= 15 is 0 Å². The van der Waals surface area contributed by atoms with Crippen molar-refractivity contribution >= 4 is 16.9 Å². The second kappa shape index (κ2) is 7.10. The number of benzene rings is 1. The molecule has 1 aromatic carbocycles. The van der Waals surface area contributed by atoms with Crippen LogP contribution < -0.4 is 0 Å². The van der Waals surface area contributed by atoms with Crippen LogP contribution in [-0.4, -0.2) is 66.6 Å². The van der Waals surface area contributed by atoms with Crippen LogP contribution in [0.15, 0.2) is 49.1 Å². The molecule has 9 heteroatoms. The predicted molar refractivity (Wildman–Crippen MR) is 106 cm³/mol. The number of morpholine rings is 1. The minimum atomic E-state index is -0.0328. The van der Waals surface area contributed by atoms with Crippen LogP contribution >= 0.6 is 0 Å². The van der Waals surface area contributed by atoms with Crippen molar-refractivity contribution in [1.29, 1.82) is 0 Å². The zero-order valence-electron chi connectivity index (χ0n) is 15.8. The topological polar surface area (TPSA) is 102 Å². The lowest BCUT2D eigenvalue weighted by molar-refractivity contribution is -0.0124. The molecule has 0 saturated carbocycles. The van der Waals surface area contributed by atoms with Gasteiger partial charge in [0.1, 0.15) is 6.33 Å². The molecule has 4 aromatic rings. The Balaban J connectivity index is 1.47. The fourth-order valence-corrected chi connectivity index (χ4v) is 3.54. The molecule has 0 aliphatic carbocycles. The number of nitrogens with zero attached hydrogens (tertiary/aromatic N) is 6. The Morgan fingerprint density at radius 3 is 3.03 bits per heavy atom. The van der Waals surface area contributed by atoms with E-state index in [0.29, 0.717) is 36.7 Å². The van der Waals surface area contributed by atoms with E-state index in [1.54, 1.807) is 23.4 Å². The van der Waals surface area contributed by atoms with Gasteiger partial charge in [-0.1, -0.05) is 12.1 Å². The second-order valence-corrected chi connectivity index (χ2v) is 7.01. The molecule has 1 amide bonds. The van der Waals surface area contributed by atoms with E-state index in [9.17, 15) is 4.79 Å². The van der Waals surface area contributed by atoms with Crippen LogP contribution in [-0.2, 0) is 4.74 Å². The highest BCUT2D eigenvalue weighted by atomic mass is 16.5. The summed E-state index contributed by atoms with van der Waals surface area (Å²) in [6.07, 6.45) is 4.93. The highest BCUT2D eigenvalue weighted by molar-refractivity contribution is 5.97. The number of hydrogen-bond acceptors (Lipinski definition) is 6. The Morgan fingerprint density at radius 1 is 1.28 bits per heavy atom. The van der Waals surface area contributed by atoms with Gasteiger partial charge in [-0.3, -0.25) is 4.79 Å². The van der Waals surface area contributed by atoms with Crippen LogP contribution in [0.2, 0.25) is 0 Å². The molecule has 9 nitrogen and oxygen atoms in total. The van der Waals surface area contributed by atoms with Crippen LogP contribution in [0.25, 0.3) is 28.1 Å². The van der Waals surface area contributed by atoms with E-state index in [1.165, 1.54) is 0 Å². The summed E-state index contributed by atoms with van der Waals surface area (Å²) in [4.78, 5) is 22.2. The maximum atomic E-state index is 12.8. The van der Waals surface area contributed by atoms with Crippen molar-refractivity contribution in [3.8, 4) is 17.1 Å². The molecule has 3 aromatic heterocycles. The van der Waals surface area contributed by atoms with Crippen molar-refractivity contribution < 1.29 is 9.53 Å². The minimum Gasteiger partial charge on any atom is -0.375 e. The molecule has 1 N–H and O–H groups in total. The van der Waals surface area contributed by atoms with Crippen molar-refractivity contribution in [2.75, 3.05) is 19.7 Å². The molecular weight excluding hydrogens is 370 g/mol. The molecule has 0 spiro atoms. The third-order valence-electron chi connectivity index (χ3n) is 4.96. The lowest BCUT2D eigenvalue weighted by Crippen LogP contribution is -2.44. The number of aromatic nitrogens is 6. The van der Waals surface area contributed by atoms with Gasteiger partial charge in [0.2, 0.25) is 0 Å². The molecule has 4 heterocycles. The predicted octanol–water partition coefficient (Wildman–Crippen LogP) is 2.07. The Kier molecular flexibility index (Phi) is 4.28. The first-order valence-corrected chi connectivity index (χ1v) is 9.40. The van der Waals surface area contributed by atoms with E-state index in [2.05, 4.69) is 25.3 Å². The van der Waals surface area contributed by atoms with Crippen molar-refractivity contribution in [3.05, 3.63) is 54.6 Å². The number of pyridine rings is 1. The van der Waals surface area contributed by atoms with Crippen molar-refractivity contribution in [3.63, 3.8) is 0 Å². The number of carbonyl (C=O) groups is 1. The quantitative estimate of drug-likeness (QED) is 0.576. The molecule has 146 valence electrons. The number of amides is 1. The second-order valence-electron chi connectivity index (χ2n) is 7.01. The summed E-state index contributed by atoms with van der Waals surface area (Å²) in [6, 6.07) is 9.63. The van der Waals surface area contributed by atoms with E-state index in [0.717, 1.165) is 16.6 Å². The smallest absolute Gasteiger partial charge is 0.255 e. The highest BCUT2D eigenvalue weighted by Gasteiger charge is 2.23. The van der Waals surface area contributed by atoms with Gasteiger partial charge in [0, 0.05) is 30.2 Å². The first-order chi connectivity index (χ1) is 14.2. The Hall–Kier alpha value is -3.59. The Morgan fingerprint density at radius 2 is 2.21 bits per heavy atom. The van der Waals surface area contributed by atoms with Gasteiger partial charge in [0.05, 0.1) is 30.2 Å². The molecule has 1 aliphatic rings. The number of H-pyrrole nitrogens is 1. The molecule has 1 aliphatic heterocycles. The molecule has 29 heavy (non-hydrogen) atoms. The number of nitrogens with one attached hydrogen (secondary N) is 1. The summed E-state index contributed by atoms with van der Waals surface area (Å²) in [6.45, 7) is 3.71. The van der Waals surface area contributed by atoms with Crippen LogP contribution in [0.5, 0.6) is 0 Å². The van der Waals surface area contributed by atoms with Gasteiger partial charge in [0.25, 0.3) is 5.91 Å². The maximum absolute atomic E-state index is 12.8. The number of ether oxygens (including phenoxy) is 1. The summed E-state index contributed by atoms with van der Waals surface area (Å²) in [5.74, 6) is 0.651. The van der Waals surface area contributed by atoms with Gasteiger partial charge in [-0.15, -0.1) is 10.2 Å². The van der Waals surface area contributed by atoms with Gasteiger partial charge in [-0.25, -0.2) is 9.67 Å². The third-order valence-corrected chi connectivity index (χ3v) is 4.96. The van der Waals surface area contributed by atoms with E-state index < -0.39 is 0 Å². The van der Waals surface area contributed by atoms with E-state index in [1.807, 2.05) is 42.2 Å². The van der Waals surface area contributed by atoms with Crippen LogP contribution in [0.1, 0.15) is 17.3 Å². The van der Waals surface area contributed by atoms with Gasteiger partial charge in [-0.2, -0.15) is 5.10 Å².